The second kappa shape index (κ2) is 16.1. The normalized spacial score (nSPS) is 18.3. The number of hydrogen-bond donors (Lipinski definition) is 4. The van der Waals surface area contributed by atoms with Gasteiger partial charge in [0.05, 0.1) is 13.7 Å². The largest absolute Gasteiger partial charge is 0.468 e. The lowest BCUT2D eigenvalue weighted by Crippen LogP contribution is -2.54. The van der Waals surface area contributed by atoms with Crippen LogP contribution in [-0.4, -0.2) is 109 Å². The fraction of sp³-hybridized carbons (Fsp3) is 0.536. The number of rotatable bonds is 12. The number of alkyl carbamates (subject to hydrolysis) is 1. The Morgan fingerprint density at radius 2 is 1.40 bits per heavy atom. The Morgan fingerprint density at radius 3 is 2.00 bits per heavy atom. The van der Waals surface area contributed by atoms with E-state index >= 15 is 0 Å². The molecule has 4 N–H and O–H groups in total. The van der Waals surface area contributed by atoms with Crippen molar-refractivity contribution in [1.29, 1.82) is 0 Å². The maximum atomic E-state index is 12.9. The molecule has 234 valence electrons. The van der Waals surface area contributed by atoms with Gasteiger partial charge in [0, 0.05) is 13.1 Å². The molecule has 0 unspecified atom stereocenters. The van der Waals surface area contributed by atoms with Gasteiger partial charge in [-0.3, -0.25) is 28.8 Å². The van der Waals surface area contributed by atoms with Gasteiger partial charge in [0.1, 0.15) is 37.8 Å². The molecule has 0 bridgehead atoms. The van der Waals surface area contributed by atoms with Crippen LogP contribution in [0.25, 0.3) is 0 Å². The molecule has 43 heavy (non-hydrogen) atoms. The third kappa shape index (κ3) is 9.68. The molecule has 2 heterocycles. The summed E-state index contributed by atoms with van der Waals surface area (Å²) in [5, 5.41) is 9.87. The van der Waals surface area contributed by atoms with Gasteiger partial charge in [-0.05, 0) is 38.2 Å². The van der Waals surface area contributed by atoms with Crippen molar-refractivity contribution >= 4 is 41.6 Å². The lowest BCUT2D eigenvalue weighted by atomic mass is 10.2. The average molecular weight is 603 g/mol. The first-order valence-corrected chi connectivity index (χ1v) is 14.1. The van der Waals surface area contributed by atoms with E-state index in [1.807, 2.05) is 18.2 Å². The van der Waals surface area contributed by atoms with Crippen LogP contribution in [0, 0.1) is 0 Å². The third-order valence-electron chi connectivity index (χ3n) is 7.15. The van der Waals surface area contributed by atoms with Crippen molar-refractivity contribution in [3.8, 4) is 0 Å². The second-order valence-electron chi connectivity index (χ2n) is 10.1. The van der Waals surface area contributed by atoms with Gasteiger partial charge in [0.2, 0.25) is 29.5 Å². The van der Waals surface area contributed by atoms with Gasteiger partial charge < -0.3 is 40.5 Å². The van der Waals surface area contributed by atoms with E-state index in [0.717, 1.165) is 5.56 Å². The van der Waals surface area contributed by atoms with Gasteiger partial charge in [-0.15, -0.1) is 0 Å². The maximum absolute atomic E-state index is 12.9. The molecule has 3 atom stereocenters. The summed E-state index contributed by atoms with van der Waals surface area (Å²) in [7, 11) is 1.20. The van der Waals surface area contributed by atoms with Crippen molar-refractivity contribution in [2.24, 2.45) is 0 Å². The molecule has 0 spiro atoms. The van der Waals surface area contributed by atoms with Crippen molar-refractivity contribution in [2.75, 3.05) is 39.8 Å². The van der Waals surface area contributed by atoms with Crippen LogP contribution >= 0.6 is 0 Å². The average Bonchev–Trinajstić information content (AvgIpc) is 3.71. The molecule has 2 fully saturated rings. The molecule has 0 aromatic heterocycles. The molecule has 0 saturated carbocycles. The topological polar surface area (TPSA) is 193 Å². The summed E-state index contributed by atoms with van der Waals surface area (Å²) in [5.41, 5.74) is 0.794. The van der Waals surface area contributed by atoms with Gasteiger partial charge >= 0.3 is 12.1 Å². The highest BCUT2D eigenvalue weighted by atomic mass is 16.5. The number of ether oxygens (including phenoxy) is 2. The maximum Gasteiger partial charge on any atom is 0.407 e. The van der Waals surface area contributed by atoms with E-state index in [2.05, 4.69) is 26.0 Å². The Labute approximate surface area is 249 Å². The van der Waals surface area contributed by atoms with E-state index < -0.39 is 59.7 Å². The van der Waals surface area contributed by atoms with Crippen molar-refractivity contribution < 1.29 is 43.0 Å². The number of methoxy groups -OCH3 is 1. The number of esters is 1. The molecule has 1 aromatic carbocycles. The Balaban J connectivity index is 1.41. The van der Waals surface area contributed by atoms with Gasteiger partial charge in [-0.2, -0.15) is 0 Å². The van der Waals surface area contributed by atoms with Crippen LogP contribution in [0.5, 0.6) is 0 Å². The van der Waals surface area contributed by atoms with Crippen LogP contribution in [0.1, 0.15) is 38.2 Å². The van der Waals surface area contributed by atoms with Gasteiger partial charge in [0.25, 0.3) is 0 Å². The standard InChI is InChI=1S/C28H38N6O9/c1-18(25(38)29-14-22(35)33-12-6-10-20(33)26(39)30-16-24(37)42-2)32-27(40)21-11-7-13-34(21)23(36)15-31-28(41)43-17-19-8-4-3-5-9-19/h3-5,8-9,18,20-21H,6-7,10-17H2,1-2H3,(H,29,38)(H,30,39)(H,31,41)(H,32,40)/t18-,20+,21-/m1/s1. The minimum Gasteiger partial charge on any atom is -0.468 e. The lowest BCUT2D eigenvalue weighted by molar-refractivity contribution is -0.143. The Bertz CT molecular complexity index is 1190. The summed E-state index contributed by atoms with van der Waals surface area (Å²) in [6.45, 7) is 1.07. The number of benzene rings is 1. The molecule has 2 saturated heterocycles. The molecule has 0 radical (unpaired) electrons. The number of amides is 6. The van der Waals surface area contributed by atoms with Crippen LogP contribution in [0.2, 0.25) is 0 Å². The predicted octanol–water partition coefficient (Wildman–Crippen LogP) is -1.20. The monoisotopic (exact) mass is 602 g/mol. The van der Waals surface area contributed by atoms with E-state index in [1.54, 1.807) is 12.1 Å². The van der Waals surface area contributed by atoms with E-state index in [0.29, 0.717) is 38.8 Å². The zero-order valence-corrected chi connectivity index (χ0v) is 24.3. The van der Waals surface area contributed by atoms with E-state index in [4.69, 9.17) is 4.74 Å². The smallest absolute Gasteiger partial charge is 0.407 e. The summed E-state index contributed by atoms with van der Waals surface area (Å²) >= 11 is 0. The predicted molar refractivity (Wildman–Crippen MR) is 150 cm³/mol. The van der Waals surface area contributed by atoms with Crippen LogP contribution in [-0.2, 0) is 44.8 Å². The summed E-state index contributed by atoms with van der Waals surface area (Å²) in [6, 6.07) is 6.46. The molecule has 2 aliphatic rings. The quantitative estimate of drug-likeness (QED) is 0.213. The fourth-order valence-corrected chi connectivity index (χ4v) is 4.84. The molecular weight excluding hydrogens is 564 g/mol. The van der Waals surface area contributed by atoms with Gasteiger partial charge in [-0.1, -0.05) is 30.3 Å². The van der Waals surface area contributed by atoms with Gasteiger partial charge in [-0.25, -0.2) is 4.79 Å². The molecule has 6 amide bonds. The van der Waals surface area contributed by atoms with E-state index in [9.17, 15) is 33.6 Å². The van der Waals surface area contributed by atoms with E-state index in [1.165, 1.54) is 23.8 Å². The molecule has 15 heteroatoms. The zero-order chi connectivity index (χ0) is 31.4. The molecule has 15 nitrogen and oxygen atoms in total. The minimum absolute atomic E-state index is 0.0478. The van der Waals surface area contributed by atoms with Crippen molar-refractivity contribution in [1.82, 2.24) is 31.1 Å². The zero-order valence-electron chi connectivity index (χ0n) is 24.3. The molecular formula is C28H38N6O9. The minimum atomic E-state index is -1.01. The summed E-state index contributed by atoms with van der Waals surface area (Å²) in [6.07, 6.45) is 1.20. The molecule has 3 rings (SSSR count). The first-order chi connectivity index (χ1) is 20.6. The van der Waals surface area contributed by atoms with Crippen molar-refractivity contribution in [2.45, 2.75) is 57.3 Å². The van der Waals surface area contributed by atoms with Crippen molar-refractivity contribution in [3.05, 3.63) is 35.9 Å². The SMILES string of the molecule is COC(=O)CNC(=O)[C@@H]1CCCN1C(=O)CNC(=O)[C@@H](C)NC(=O)[C@H]1CCCN1C(=O)CNC(=O)OCc1ccccc1. The molecule has 0 aliphatic carbocycles. The van der Waals surface area contributed by atoms with Gasteiger partial charge in [0.15, 0.2) is 0 Å². The highest BCUT2D eigenvalue weighted by molar-refractivity contribution is 5.95. The van der Waals surface area contributed by atoms with Crippen LogP contribution < -0.4 is 21.3 Å². The van der Waals surface area contributed by atoms with Crippen molar-refractivity contribution in [3.63, 3.8) is 0 Å². The Hall–Kier alpha value is -4.69. The number of likely N-dealkylation sites (tertiary alicyclic amines) is 2. The summed E-state index contributed by atoms with van der Waals surface area (Å²) in [4.78, 5) is 89.4. The second-order valence-corrected chi connectivity index (χ2v) is 10.1. The summed E-state index contributed by atoms with van der Waals surface area (Å²) < 4.78 is 9.59. The Kier molecular flexibility index (Phi) is 12.3. The summed E-state index contributed by atoms with van der Waals surface area (Å²) in [5.74, 6) is -3.20. The highest BCUT2D eigenvalue weighted by Crippen LogP contribution is 2.18. The number of hydrogen-bond acceptors (Lipinski definition) is 9. The fourth-order valence-electron chi connectivity index (χ4n) is 4.84. The number of carbonyl (C=O) groups is 7. The first-order valence-electron chi connectivity index (χ1n) is 14.1. The van der Waals surface area contributed by atoms with Crippen LogP contribution in [0.4, 0.5) is 4.79 Å². The Morgan fingerprint density at radius 1 is 0.814 bits per heavy atom. The third-order valence-corrected chi connectivity index (χ3v) is 7.15. The highest BCUT2D eigenvalue weighted by Gasteiger charge is 2.36. The first kappa shape index (κ1) is 32.8. The number of nitrogens with one attached hydrogen (secondary N) is 4. The lowest BCUT2D eigenvalue weighted by Gasteiger charge is -2.26. The van der Waals surface area contributed by atoms with Crippen LogP contribution in [0.15, 0.2) is 30.3 Å². The van der Waals surface area contributed by atoms with E-state index in [-0.39, 0.29) is 26.2 Å². The molecule has 1 aromatic rings. The number of nitrogens with zero attached hydrogens (tertiary/aromatic N) is 2. The van der Waals surface area contributed by atoms with Crippen LogP contribution in [0.3, 0.4) is 0 Å². The molecule has 2 aliphatic heterocycles. The number of carbonyl (C=O) groups excluding carboxylic acids is 7.